The van der Waals surface area contributed by atoms with Crippen LogP contribution in [0.5, 0.6) is 0 Å². The van der Waals surface area contributed by atoms with E-state index in [0.29, 0.717) is 11.5 Å². The van der Waals surface area contributed by atoms with Crippen molar-refractivity contribution < 1.29 is 0 Å². The van der Waals surface area contributed by atoms with Gasteiger partial charge in [0.25, 0.3) is 0 Å². The molecule has 6 nitrogen and oxygen atoms in total. The average Bonchev–Trinajstić information content (AvgIpc) is 2.99. The number of fused-ring (bicyclic) bond motifs is 1. The minimum Gasteiger partial charge on any atom is -0.256 e. The summed E-state index contributed by atoms with van der Waals surface area (Å²) in [4.78, 5) is 28.2. The van der Waals surface area contributed by atoms with Gasteiger partial charge >= 0.3 is 0 Å². The van der Waals surface area contributed by atoms with Crippen LogP contribution in [0.3, 0.4) is 0 Å². The van der Waals surface area contributed by atoms with Crippen molar-refractivity contribution in [2.75, 3.05) is 0 Å². The third-order valence-electron chi connectivity index (χ3n) is 5.50. The van der Waals surface area contributed by atoms with Gasteiger partial charge in [0.15, 0.2) is 5.82 Å². The molecule has 0 N–H and O–H groups in total. The van der Waals surface area contributed by atoms with Crippen molar-refractivity contribution >= 4 is 10.9 Å². The van der Waals surface area contributed by atoms with Gasteiger partial charge in [-0.05, 0) is 60.7 Å². The fourth-order valence-electron chi connectivity index (χ4n) is 3.94. The van der Waals surface area contributed by atoms with Crippen LogP contribution < -0.4 is 0 Å². The van der Waals surface area contributed by atoms with Crippen molar-refractivity contribution in [3.8, 4) is 45.4 Å². The highest BCUT2D eigenvalue weighted by Gasteiger charge is 2.18. The first kappa shape index (κ1) is 22.9. The van der Waals surface area contributed by atoms with Crippen molar-refractivity contribution in [1.82, 2.24) is 29.9 Å². The molecule has 0 aliphatic heterocycles. The number of aromatic nitrogens is 6. The average molecular weight is 469 g/mol. The minimum absolute atomic E-state index is 0.538. The molecule has 36 heavy (non-hydrogen) atoms. The molecule has 0 unspecified atom stereocenters. The number of pyridine rings is 4. The van der Waals surface area contributed by atoms with Crippen LogP contribution in [0, 0.1) is 0 Å². The zero-order valence-electron chi connectivity index (χ0n) is 20.1. The molecule has 5 aromatic heterocycles. The Kier molecular flexibility index (Phi) is 6.76. The van der Waals surface area contributed by atoms with E-state index in [-0.39, 0.29) is 0 Å². The van der Waals surface area contributed by atoms with E-state index in [9.17, 15) is 0 Å². The standard InChI is InChI=1S/C28H18N6.C2H6/c1-5-13-29-22(9-1)19-17-20(23-10-2-6-14-30-23)26-21(18-19)27(24-11-3-7-15-31-24)34-28(33-26)25-12-4-8-16-32-25;1-2/h1-18H;1-2H3. The SMILES string of the molecule is CC.c1ccc(-c2cc(-c3ccccn3)c3nc(-c4ccccn4)nc(-c4ccccn4)c3c2)nc1. The van der Waals surface area contributed by atoms with Gasteiger partial charge in [-0.1, -0.05) is 38.1 Å². The molecule has 0 aliphatic carbocycles. The third kappa shape index (κ3) is 4.57. The van der Waals surface area contributed by atoms with Gasteiger partial charge in [-0.3, -0.25) is 19.9 Å². The van der Waals surface area contributed by atoms with Gasteiger partial charge in [-0.2, -0.15) is 0 Å². The van der Waals surface area contributed by atoms with E-state index in [1.807, 2.05) is 86.6 Å². The molecule has 174 valence electrons. The molecule has 0 bridgehead atoms. The largest absolute Gasteiger partial charge is 0.256 e. The molecule has 0 radical (unpaired) electrons. The van der Waals surface area contributed by atoms with E-state index in [1.54, 1.807) is 24.8 Å². The lowest BCUT2D eigenvalue weighted by molar-refractivity contribution is 1.16. The normalized spacial score (nSPS) is 10.5. The van der Waals surface area contributed by atoms with Crippen molar-refractivity contribution in [2.45, 2.75) is 13.8 Å². The summed E-state index contributed by atoms with van der Waals surface area (Å²) in [6, 6.07) is 27.4. The summed E-state index contributed by atoms with van der Waals surface area (Å²) >= 11 is 0. The predicted octanol–water partition coefficient (Wildman–Crippen LogP) is 6.90. The van der Waals surface area contributed by atoms with Crippen molar-refractivity contribution in [2.24, 2.45) is 0 Å². The molecule has 5 heterocycles. The van der Waals surface area contributed by atoms with Gasteiger partial charge < -0.3 is 0 Å². The molecule has 1 aromatic carbocycles. The summed E-state index contributed by atoms with van der Waals surface area (Å²) in [5.41, 5.74) is 6.52. The number of hydrogen-bond acceptors (Lipinski definition) is 6. The van der Waals surface area contributed by atoms with Crippen LogP contribution >= 0.6 is 0 Å². The Hall–Kier alpha value is -4.84. The first-order valence-electron chi connectivity index (χ1n) is 11.9. The first-order chi connectivity index (χ1) is 17.9. The molecule has 0 aliphatic rings. The van der Waals surface area contributed by atoms with Gasteiger partial charge in [0, 0.05) is 41.3 Å². The van der Waals surface area contributed by atoms with E-state index in [2.05, 4.69) is 32.1 Å². The lowest BCUT2D eigenvalue weighted by Crippen LogP contribution is -2.00. The van der Waals surface area contributed by atoms with E-state index in [4.69, 9.17) is 9.97 Å². The topological polar surface area (TPSA) is 77.3 Å². The van der Waals surface area contributed by atoms with Crippen molar-refractivity contribution in [1.29, 1.82) is 0 Å². The molecule has 6 aromatic rings. The molecule has 0 amide bonds. The predicted molar refractivity (Wildman–Crippen MR) is 144 cm³/mol. The smallest absolute Gasteiger partial charge is 0.179 e. The van der Waals surface area contributed by atoms with Crippen LogP contribution in [-0.2, 0) is 0 Å². The molecule has 0 fully saturated rings. The molecule has 0 saturated heterocycles. The maximum Gasteiger partial charge on any atom is 0.179 e. The Balaban J connectivity index is 0.00000130. The summed E-state index contributed by atoms with van der Waals surface area (Å²) in [5.74, 6) is 0.538. The lowest BCUT2D eigenvalue weighted by Gasteiger charge is -2.14. The maximum atomic E-state index is 4.98. The zero-order chi connectivity index (χ0) is 24.7. The maximum absolute atomic E-state index is 4.98. The van der Waals surface area contributed by atoms with Gasteiger partial charge in [-0.25, -0.2) is 9.97 Å². The van der Waals surface area contributed by atoms with Crippen molar-refractivity contribution in [3.63, 3.8) is 0 Å². The van der Waals surface area contributed by atoms with Crippen LogP contribution in [0.15, 0.2) is 110 Å². The summed E-state index contributed by atoms with van der Waals surface area (Å²) in [5, 5.41) is 0.877. The highest BCUT2D eigenvalue weighted by atomic mass is 14.9. The summed E-state index contributed by atoms with van der Waals surface area (Å²) in [6.07, 6.45) is 7.09. The zero-order valence-corrected chi connectivity index (χ0v) is 20.1. The molecule has 0 atom stereocenters. The number of benzene rings is 1. The number of hydrogen-bond donors (Lipinski definition) is 0. The van der Waals surface area contributed by atoms with Crippen LogP contribution in [0.2, 0.25) is 0 Å². The second-order valence-corrected chi connectivity index (χ2v) is 7.68. The third-order valence-corrected chi connectivity index (χ3v) is 5.50. The second kappa shape index (κ2) is 10.6. The van der Waals surface area contributed by atoms with Crippen LogP contribution in [0.25, 0.3) is 56.3 Å². The Bertz CT molecular complexity index is 1450. The molecule has 0 saturated carbocycles. The number of nitrogens with zero attached hydrogens (tertiary/aromatic N) is 6. The first-order valence-corrected chi connectivity index (χ1v) is 11.9. The monoisotopic (exact) mass is 468 g/mol. The summed E-state index contributed by atoms with van der Waals surface area (Å²) < 4.78 is 0. The minimum atomic E-state index is 0.538. The second-order valence-electron chi connectivity index (χ2n) is 7.68. The van der Waals surface area contributed by atoms with Gasteiger partial charge in [0.2, 0.25) is 0 Å². The van der Waals surface area contributed by atoms with E-state index in [1.165, 1.54) is 0 Å². The Morgan fingerprint density at radius 2 is 1.03 bits per heavy atom. The highest BCUT2D eigenvalue weighted by molar-refractivity contribution is 6.03. The van der Waals surface area contributed by atoms with Gasteiger partial charge in [0.05, 0.1) is 22.6 Å². The quantitative estimate of drug-likeness (QED) is 0.280. The van der Waals surface area contributed by atoms with Gasteiger partial charge in [0.1, 0.15) is 11.4 Å². The Morgan fingerprint density at radius 3 is 1.58 bits per heavy atom. The van der Waals surface area contributed by atoms with Crippen LogP contribution in [0.1, 0.15) is 13.8 Å². The fourth-order valence-corrected chi connectivity index (χ4v) is 3.94. The number of rotatable bonds is 4. The molecule has 6 heteroatoms. The summed E-state index contributed by atoms with van der Waals surface area (Å²) in [6.45, 7) is 4.00. The van der Waals surface area contributed by atoms with Gasteiger partial charge in [-0.15, -0.1) is 0 Å². The lowest BCUT2D eigenvalue weighted by atomic mass is 9.98. The Labute approximate surface area is 209 Å². The molecular formula is C30H24N6. The van der Waals surface area contributed by atoms with Crippen LogP contribution in [0.4, 0.5) is 0 Å². The molecular weight excluding hydrogens is 444 g/mol. The van der Waals surface area contributed by atoms with Crippen LogP contribution in [-0.4, -0.2) is 29.9 Å². The Morgan fingerprint density at radius 1 is 0.500 bits per heavy atom. The van der Waals surface area contributed by atoms with E-state index < -0.39 is 0 Å². The molecule has 0 spiro atoms. The fraction of sp³-hybridized carbons (Fsp3) is 0.0667. The van der Waals surface area contributed by atoms with E-state index in [0.717, 1.165) is 44.8 Å². The van der Waals surface area contributed by atoms with Crippen molar-refractivity contribution in [3.05, 3.63) is 110 Å². The summed E-state index contributed by atoms with van der Waals surface area (Å²) in [7, 11) is 0. The highest BCUT2D eigenvalue weighted by Crippen LogP contribution is 2.36. The molecule has 6 rings (SSSR count). The van der Waals surface area contributed by atoms with E-state index >= 15 is 0 Å².